The van der Waals surface area contributed by atoms with Gasteiger partial charge in [-0.3, -0.25) is 9.69 Å². The quantitative estimate of drug-likeness (QED) is 0.578. The summed E-state index contributed by atoms with van der Waals surface area (Å²) < 4.78 is 10.8. The highest BCUT2D eigenvalue weighted by atomic mass is 32.2. The van der Waals surface area contributed by atoms with Crippen molar-refractivity contribution < 1.29 is 14.3 Å². The van der Waals surface area contributed by atoms with Crippen molar-refractivity contribution in [2.45, 2.75) is 23.9 Å². The third-order valence-corrected chi connectivity index (χ3v) is 6.23. The number of thioether (sulfide) groups is 1. The third kappa shape index (κ3) is 2.95. The van der Waals surface area contributed by atoms with Crippen molar-refractivity contribution in [3.05, 3.63) is 47.5 Å². The van der Waals surface area contributed by atoms with Crippen LogP contribution in [0.1, 0.15) is 11.1 Å². The fraction of sp³-hybridized carbons (Fsp3) is 0.300. The molecule has 7 heteroatoms. The zero-order chi connectivity index (χ0) is 19.1. The molecule has 27 heavy (non-hydrogen) atoms. The number of thiocarbonyl (C=S) groups is 1. The maximum atomic E-state index is 13.2. The van der Waals surface area contributed by atoms with Gasteiger partial charge in [-0.25, -0.2) is 0 Å². The van der Waals surface area contributed by atoms with Crippen LogP contribution >= 0.6 is 24.0 Å². The van der Waals surface area contributed by atoms with E-state index in [1.807, 2.05) is 47.6 Å². The second-order valence-electron chi connectivity index (χ2n) is 6.48. The number of amides is 1. The van der Waals surface area contributed by atoms with E-state index in [0.717, 1.165) is 21.7 Å². The van der Waals surface area contributed by atoms with Crippen molar-refractivity contribution in [3.63, 3.8) is 0 Å². The zero-order valence-corrected chi connectivity index (χ0v) is 17.0. The lowest BCUT2D eigenvalue weighted by atomic mass is 9.94. The summed E-state index contributed by atoms with van der Waals surface area (Å²) in [5.74, 6) is 1.40. The van der Waals surface area contributed by atoms with Crippen LogP contribution < -0.4 is 14.4 Å². The average Bonchev–Trinajstić information content (AvgIpc) is 2.95. The minimum absolute atomic E-state index is 0.0266. The molecule has 2 aromatic carbocycles. The van der Waals surface area contributed by atoms with E-state index in [1.165, 1.54) is 0 Å². The number of carbonyl (C=O) groups is 1. The number of ether oxygens (including phenoxy) is 2. The van der Waals surface area contributed by atoms with Crippen LogP contribution in [0.25, 0.3) is 0 Å². The number of hydrogen-bond donors (Lipinski definition) is 0. The van der Waals surface area contributed by atoms with E-state index in [9.17, 15) is 4.79 Å². The molecule has 0 N–H and O–H groups in total. The van der Waals surface area contributed by atoms with Gasteiger partial charge in [-0.05, 0) is 59.9 Å². The highest BCUT2D eigenvalue weighted by Gasteiger charge is 2.45. The Balaban J connectivity index is 1.70. The second-order valence-corrected chi connectivity index (χ2v) is 7.73. The lowest BCUT2D eigenvalue weighted by Gasteiger charge is -2.31. The van der Waals surface area contributed by atoms with Crippen molar-refractivity contribution >= 4 is 40.7 Å². The maximum absolute atomic E-state index is 13.2. The van der Waals surface area contributed by atoms with Crippen LogP contribution in [-0.4, -0.2) is 42.4 Å². The number of fused-ring (bicyclic) bond motifs is 2. The molecule has 1 atom stereocenters. The Morgan fingerprint density at radius 3 is 2.48 bits per heavy atom. The number of carbonyl (C=O) groups excluding carboxylic acids is 1. The van der Waals surface area contributed by atoms with Gasteiger partial charge in [0.05, 0.1) is 19.9 Å². The standard InChI is InChI=1S/C20H20N2O3S2/c1-24-17-8-12-7-16-19(23)22(14-5-4-6-15(10-14)27-3)20(26)21(16)11-13(12)9-18(17)25-2/h4-6,8-10,16H,7,11H2,1-3H3/t16-/m1/s1. The number of nitrogens with zero attached hydrogens (tertiary/aromatic N) is 2. The van der Waals surface area contributed by atoms with Crippen LogP contribution in [0.5, 0.6) is 11.5 Å². The van der Waals surface area contributed by atoms with E-state index < -0.39 is 0 Å². The molecule has 4 rings (SSSR count). The van der Waals surface area contributed by atoms with Gasteiger partial charge in [-0.1, -0.05) is 6.07 Å². The van der Waals surface area contributed by atoms with Crippen LogP contribution in [0.15, 0.2) is 41.3 Å². The molecule has 1 fully saturated rings. The Bertz CT molecular complexity index is 880. The van der Waals surface area contributed by atoms with E-state index in [1.54, 1.807) is 30.9 Å². The van der Waals surface area contributed by atoms with E-state index in [-0.39, 0.29) is 11.9 Å². The fourth-order valence-corrected chi connectivity index (χ4v) is 4.53. The van der Waals surface area contributed by atoms with Crippen LogP contribution in [0.2, 0.25) is 0 Å². The molecule has 1 saturated heterocycles. The predicted molar refractivity (Wildman–Crippen MR) is 111 cm³/mol. The van der Waals surface area contributed by atoms with Gasteiger partial charge < -0.3 is 14.4 Å². The minimum Gasteiger partial charge on any atom is -0.493 e. The summed E-state index contributed by atoms with van der Waals surface area (Å²) in [5, 5.41) is 0.559. The first-order valence-corrected chi connectivity index (χ1v) is 10.2. The smallest absolute Gasteiger partial charge is 0.256 e. The van der Waals surface area contributed by atoms with Gasteiger partial charge in [0.2, 0.25) is 0 Å². The summed E-state index contributed by atoms with van der Waals surface area (Å²) in [5.41, 5.74) is 3.04. The molecular weight excluding hydrogens is 380 g/mol. The van der Waals surface area contributed by atoms with Crippen LogP contribution in [-0.2, 0) is 17.8 Å². The monoisotopic (exact) mass is 400 g/mol. The molecule has 2 aliphatic rings. The maximum Gasteiger partial charge on any atom is 0.256 e. The van der Waals surface area contributed by atoms with Crippen molar-refractivity contribution in [2.24, 2.45) is 0 Å². The number of anilines is 1. The Hall–Kier alpha value is -2.25. The van der Waals surface area contributed by atoms with Gasteiger partial charge in [-0.2, -0.15) is 0 Å². The predicted octanol–water partition coefficient (Wildman–Crippen LogP) is 3.48. The molecule has 140 valence electrons. The van der Waals surface area contributed by atoms with Gasteiger partial charge in [-0.15, -0.1) is 11.8 Å². The minimum atomic E-state index is -0.277. The van der Waals surface area contributed by atoms with Crippen molar-refractivity contribution in [2.75, 3.05) is 25.4 Å². The Kier molecular flexibility index (Phi) is 4.74. The summed E-state index contributed by atoms with van der Waals surface area (Å²) in [6.07, 6.45) is 2.62. The van der Waals surface area contributed by atoms with Gasteiger partial charge >= 0.3 is 0 Å². The molecule has 0 saturated carbocycles. The molecule has 2 aliphatic heterocycles. The van der Waals surface area contributed by atoms with Gasteiger partial charge in [0.25, 0.3) is 5.91 Å². The first-order valence-electron chi connectivity index (χ1n) is 8.59. The van der Waals surface area contributed by atoms with Crippen molar-refractivity contribution in [1.29, 1.82) is 0 Å². The van der Waals surface area contributed by atoms with Crippen molar-refractivity contribution in [3.8, 4) is 11.5 Å². The third-order valence-electron chi connectivity index (χ3n) is 5.09. The van der Waals surface area contributed by atoms with Crippen LogP contribution in [0, 0.1) is 0 Å². The van der Waals surface area contributed by atoms with Crippen LogP contribution in [0.3, 0.4) is 0 Å². The lowest BCUT2D eigenvalue weighted by Crippen LogP contribution is -2.40. The van der Waals surface area contributed by atoms with E-state index >= 15 is 0 Å². The molecule has 5 nitrogen and oxygen atoms in total. The summed E-state index contributed by atoms with van der Waals surface area (Å²) in [4.78, 5) is 18.0. The lowest BCUT2D eigenvalue weighted by molar-refractivity contribution is -0.120. The largest absolute Gasteiger partial charge is 0.493 e. The Morgan fingerprint density at radius 2 is 1.81 bits per heavy atom. The molecule has 2 aromatic rings. The Labute approximate surface area is 168 Å². The number of rotatable bonds is 4. The summed E-state index contributed by atoms with van der Waals surface area (Å²) in [7, 11) is 3.25. The van der Waals surface area contributed by atoms with E-state index in [0.29, 0.717) is 29.6 Å². The number of benzene rings is 2. The number of hydrogen-bond acceptors (Lipinski definition) is 5. The molecule has 0 radical (unpaired) electrons. The van der Waals surface area contributed by atoms with E-state index in [4.69, 9.17) is 21.7 Å². The molecule has 0 spiro atoms. The Morgan fingerprint density at radius 1 is 1.11 bits per heavy atom. The molecular formula is C20H20N2O3S2. The zero-order valence-electron chi connectivity index (χ0n) is 15.4. The SMILES string of the molecule is COc1cc2c(cc1OC)CN1C(=S)N(c3cccc(SC)c3)C(=O)[C@H]1C2. The first kappa shape index (κ1) is 18.1. The number of methoxy groups -OCH3 is 2. The molecule has 0 unspecified atom stereocenters. The first-order chi connectivity index (χ1) is 13.1. The van der Waals surface area contributed by atoms with Gasteiger partial charge in [0, 0.05) is 17.9 Å². The van der Waals surface area contributed by atoms with Gasteiger partial charge in [0.1, 0.15) is 6.04 Å². The molecule has 0 bridgehead atoms. The average molecular weight is 401 g/mol. The summed E-state index contributed by atoms with van der Waals surface area (Å²) in [6.45, 7) is 0.587. The highest BCUT2D eigenvalue weighted by molar-refractivity contribution is 7.98. The van der Waals surface area contributed by atoms with Crippen LogP contribution in [0.4, 0.5) is 5.69 Å². The second kappa shape index (κ2) is 7.05. The molecule has 0 aromatic heterocycles. The summed E-state index contributed by atoms with van der Waals surface area (Å²) in [6, 6.07) is 11.6. The molecule has 0 aliphatic carbocycles. The fourth-order valence-electron chi connectivity index (χ4n) is 3.69. The molecule has 1 amide bonds. The van der Waals surface area contributed by atoms with Gasteiger partial charge in [0.15, 0.2) is 16.6 Å². The molecule has 2 heterocycles. The normalized spacial score (nSPS) is 18.4. The van der Waals surface area contributed by atoms with Crippen molar-refractivity contribution in [1.82, 2.24) is 4.90 Å². The summed E-state index contributed by atoms with van der Waals surface area (Å²) >= 11 is 7.33. The highest BCUT2D eigenvalue weighted by Crippen LogP contribution is 2.38. The topological polar surface area (TPSA) is 42.0 Å². The van der Waals surface area contributed by atoms with E-state index in [2.05, 4.69) is 0 Å².